The van der Waals surface area contributed by atoms with Gasteiger partial charge in [-0.3, -0.25) is 10.1 Å². The Balaban J connectivity index is 2.11. The number of carbonyl (C=O) groups excluding carboxylic acids is 2. The van der Waals surface area contributed by atoms with E-state index >= 15 is 0 Å². The lowest BCUT2D eigenvalue weighted by molar-refractivity contribution is -0.121. The molecule has 0 aromatic carbocycles. The number of nitrogens with zero attached hydrogens (tertiary/aromatic N) is 1. The van der Waals surface area contributed by atoms with Crippen molar-refractivity contribution in [1.82, 2.24) is 4.90 Å². The fourth-order valence-electron chi connectivity index (χ4n) is 2.05. The number of aromatic carboxylic acids is 1. The van der Waals surface area contributed by atoms with Crippen LogP contribution in [0.3, 0.4) is 0 Å². The van der Waals surface area contributed by atoms with Crippen LogP contribution < -0.4 is 11.1 Å². The van der Waals surface area contributed by atoms with Crippen LogP contribution >= 0.6 is 11.3 Å². The van der Waals surface area contributed by atoms with E-state index in [4.69, 9.17) is 10.8 Å². The summed E-state index contributed by atoms with van der Waals surface area (Å²) in [7, 11) is 0. The molecule has 1 aromatic heterocycles. The van der Waals surface area contributed by atoms with E-state index in [9.17, 15) is 14.4 Å². The number of nitrogens with two attached hydrogens (primary N) is 1. The van der Waals surface area contributed by atoms with Gasteiger partial charge in [-0.05, 0) is 24.3 Å². The van der Waals surface area contributed by atoms with Gasteiger partial charge in [0.25, 0.3) is 0 Å². The van der Waals surface area contributed by atoms with Crippen molar-refractivity contribution in [3.8, 4) is 0 Å². The Morgan fingerprint density at radius 1 is 1.47 bits per heavy atom. The second-order valence-corrected chi connectivity index (χ2v) is 5.07. The van der Waals surface area contributed by atoms with Gasteiger partial charge >= 0.3 is 12.0 Å². The lowest BCUT2D eigenvalue weighted by Gasteiger charge is -2.22. The summed E-state index contributed by atoms with van der Waals surface area (Å²) >= 11 is 1.12. The second kappa shape index (κ2) is 5.27. The van der Waals surface area contributed by atoms with Crippen LogP contribution in [-0.4, -0.2) is 40.5 Å². The van der Waals surface area contributed by atoms with Crippen LogP contribution in [0.5, 0.6) is 0 Å². The Bertz CT molecular complexity index is 528. The summed E-state index contributed by atoms with van der Waals surface area (Å²) in [5.74, 6) is -1.65. The quantitative estimate of drug-likeness (QED) is 0.765. The number of likely N-dealkylation sites (tertiary alicyclic amines) is 1. The maximum atomic E-state index is 12.0. The normalized spacial score (nSPS) is 18.3. The number of rotatable bonds is 3. The molecule has 7 nitrogen and oxygen atoms in total. The molecule has 3 amide bonds. The number of anilines is 1. The minimum atomic E-state index is -1.11. The predicted octanol–water partition coefficient (Wildman–Crippen LogP) is 0.928. The zero-order valence-electron chi connectivity index (χ0n) is 9.96. The number of carboxylic acid groups (broad SMARTS) is 1. The Hall–Kier alpha value is -2.09. The van der Waals surface area contributed by atoms with Crippen molar-refractivity contribution in [3.63, 3.8) is 0 Å². The lowest BCUT2D eigenvalue weighted by Crippen LogP contribution is -2.45. The summed E-state index contributed by atoms with van der Waals surface area (Å²) < 4.78 is 0. The van der Waals surface area contributed by atoms with E-state index in [1.165, 1.54) is 11.0 Å². The summed E-state index contributed by atoms with van der Waals surface area (Å²) in [6.45, 7) is 0.438. The SMILES string of the molecule is NC(=O)C1CCCN1C(=O)Nc1sccc1C(=O)O. The highest BCUT2D eigenvalue weighted by Crippen LogP contribution is 2.25. The molecule has 0 saturated carbocycles. The Morgan fingerprint density at radius 3 is 2.84 bits per heavy atom. The third kappa shape index (κ3) is 2.68. The van der Waals surface area contributed by atoms with Gasteiger partial charge in [0.2, 0.25) is 5.91 Å². The fourth-order valence-corrected chi connectivity index (χ4v) is 2.82. The maximum absolute atomic E-state index is 12.0. The van der Waals surface area contributed by atoms with Crippen molar-refractivity contribution in [2.24, 2.45) is 5.73 Å². The van der Waals surface area contributed by atoms with Crippen molar-refractivity contribution in [2.45, 2.75) is 18.9 Å². The molecule has 2 rings (SSSR count). The van der Waals surface area contributed by atoms with Gasteiger partial charge in [0, 0.05) is 6.54 Å². The molecule has 4 N–H and O–H groups in total. The monoisotopic (exact) mass is 283 g/mol. The summed E-state index contributed by atoms with van der Waals surface area (Å²) in [5.41, 5.74) is 5.26. The van der Waals surface area contributed by atoms with E-state index < -0.39 is 23.9 Å². The molecular weight excluding hydrogens is 270 g/mol. The molecule has 1 aromatic rings. The molecule has 2 heterocycles. The highest BCUT2D eigenvalue weighted by atomic mass is 32.1. The molecule has 1 aliphatic heterocycles. The number of amides is 3. The number of primary amides is 1. The topological polar surface area (TPSA) is 113 Å². The standard InChI is InChI=1S/C11H13N3O4S/c12-8(15)7-2-1-4-14(7)11(18)13-9-6(10(16)17)3-5-19-9/h3,5,7H,1-2,4H2,(H2,12,15)(H,13,18)(H,16,17). The molecule has 1 atom stereocenters. The Morgan fingerprint density at radius 2 is 2.21 bits per heavy atom. The van der Waals surface area contributed by atoms with E-state index in [0.29, 0.717) is 19.4 Å². The minimum Gasteiger partial charge on any atom is -0.478 e. The van der Waals surface area contributed by atoms with E-state index in [2.05, 4.69) is 5.32 Å². The first-order valence-corrected chi connectivity index (χ1v) is 6.56. The van der Waals surface area contributed by atoms with Crippen molar-refractivity contribution in [3.05, 3.63) is 17.0 Å². The zero-order chi connectivity index (χ0) is 14.0. The van der Waals surface area contributed by atoms with Gasteiger partial charge in [0.1, 0.15) is 11.0 Å². The average molecular weight is 283 g/mol. The molecule has 1 fully saturated rings. The smallest absolute Gasteiger partial charge is 0.338 e. The number of carboxylic acids is 1. The molecule has 1 saturated heterocycles. The first kappa shape index (κ1) is 13.3. The van der Waals surface area contributed by atoms with Gasteiger partial charge in [-0.1, -0.05) is 0 Å². The molecule has 0 bridgehead atoms. The summed E-state index contributed by atoms with van der Waals surface area (Å²) in [6.07, 6.45) is 1.25. The molecule has 19 heavy (non-hydrogen) atoms. The zero-order valence-corrected chi connectivity index (χ0v) is 10.8. The predicted molar refractivity (Wildman–Crippen MR) is 69.2 cm³/mol. The van der Waals surface area contributed by atoms with E-state index in [1.54, 1.807) is 5.38 Å². The van der Waals surface area contributed by atoms with Crippen LogP contribution in [0.1, 0.15) is 23.2 Å². The van der Waals surface area contributed by atoms with Crippen molar-refractivity contribution in [2.75, 3.05) is 11.9 Å². The van der Waals surface area contributed by atoms with Crippen LogP contribution in [0.2, 0.25) is 0 Å². The van der Waals surface area contributed by atoms with Crippen molar-refractivity contribution in [1.29, 1.82) is 0 Å². The molecule has 0 aliphatic carbocycles. The molecule has 102 valence electrons. The van der Waals surface area contributed by atoms with Gasteiger partial charge in [-0.2, -0.15) is 0 Å². The summed E-state index contributed by atoms with van der Waals surface area (Å²) in [4.78, 5) is 35.5. The lowest BCUT2D eigenvalue weighted by atomic mass is 10.2. The van der Waals surface area contributed by atoms with E-state index in [-0.39, 0.29) is 10.6 Å². The minimum absolute atomic E-state index is 0.0353. The van der Waals surface area contributed by atoms with Crippen molar-refractivity contribution >= 4 is 34.2 Å². The molecule has 1 aliphatic rings. The van der Waals surface area contributed by atoms with E-state index in [1.807, 2.05) is 0 Å². The van der Waals surface area contributed by atoms with Gasteiger partial charge in [-0.15, -0.1) is 11.3 Å². The van der Waals surface area contributed by atoms with Crippen LogP contribution in [0, 0.1) is 0 Å². The maximum Gasteiger partial charge on any atom is 0.338 e. The second-order valence-electron chi connectivity index (χ2n) is 4.15. The summed E-state index contributed by atoms with van der Waals surface area (Å²) in [5, 5.41) is 13.3. The number of hydrogen-bond donors (Lipinski definition) is 3. The number of carbonyl (C=O) groups is 3. The van der Waals surface area contributed by atoms with Crippen LogP contribution in [0.15, 0.2) is 11.4 Å². The largest absolute Gasteiger partial charge is 0.478 e. The molecule has 0 spiro atoms. The highest BCUT2D eigenvalue weighted by Gasteiger charge is 2.33. The van der Waals surface area contributed by atoms with Crippen LogP contribution in [-0.2, 0) is 4.79 Å². The number of nitrogens with one attached hydrogen (secondary N) is 1. The van der Waals surface area contributed by atoms with Gasteiger partial charge in [0.15, 0.2) is 0 Å². The molecule has 8 heteroatoms. The van der Waals surface area contributed by atoms with Gasteiger partial charge < -0.3 is 15.7 Å². The molecular formula is C11H13N3O4S. The number of hydrogen-bond acceptors (Lipinski definition) is 4. The first-order valence-electron chi connectivity index (χ1n) is 5.68. The third-order valence-corrected chi connectivity index (χ3v) is 3.79. The van der Waals surface area contributed by atoms with Crippen LogP contribution in [0.25, 0.3) is 0 Å². The third-order valence-electron chi connectivity index (χ3n) is 2.96. The highest BCUT2D eigenvalue weighted by molar-refractivity contribution is 7.14. The first-order chi connectivity index (χ1) is 9.00. The molecule has 1 unspecified atom stereocenters. The van der Waals surface area contributed by atoms with Crippen LogP contribution in [0.4, 0.5) is 9.80 Å². The van der Waals surface area contributed by atoms with Crippen molar-refractivity contribution < 1.29 is 19.5 Å². The Labute approximate surface area is 113 Å². The Kier molecular flexibility index (Phi) is 3.70. The number of thiophene rings is 1. The summed E-state index contributed by atoms with van der Waals surface area (Å²) in [6, 6.07) is 0.303. The van der Waals surface area contributed by atoms with Gasteiger partial charge in [-0.25, -0.2) is 9.59 Å². The average Bonchev–Trinajstić information content (AvgIpc) is 2.96. The fraction of sp³-hybridized carbons (Fsp3) is 0.364. The molecule has 0 radical (unpaired) electrons. The number of urea groups is 1. The van der Waals surface area contributed by atoms with Gasteiger partial charge in [0.05, 0.1) is 5.56 Å². The van der Waals surface area contributed by atoms with E-state index in [0.717, 1.165) is 11.3 Å².